The van der Waals surface area contributed by atoms with E-state index in [1.807, 2.05) is 0 Å². The van der Waals surface area contributed by atoms with Gasteiger partial charge in [0.1, 0.15) is 0 Å². The standard InChI is InChI=1S/C13H16F2N2O3/c1-8(9-3-4-10(14)11(15)7-9)17(2)13(20)16-6-5-12(18)19/h3-4,7-8H,5-6H2,1-2H3,(H,16,20)(H,18,19). The van der Waals surface area contributed by atoms with Crippen LogP contribution >= 0.6 is 0 Å². The highest BCUT2D eigenvalue weighted by Gasteiger charge is 2.18. The number of aliphatic carboxylic acids is 1. The van der Waals surface area contributed by atoms with Gasteiger partial charge in [-0.15, -0.1) is 0 Å². The molecule has 0 saturated heterocycles. The SMILES string of the molecule is CC(c1ccc(F)c(F)c1)N(C)C(=O)NCCC(=O)O. The van der Waals surface area contributed by atoms with Gasteiger partial charge in [-0.05, 0) is 24.6 Å². The number of carbonyl (C=O) groups excluding carboxylic acids is 1. The molecule has 2 amide bonds. The predicted molar refractivity (Wildman–Crippen MR) is 68.2 cm³/mol. The van der Waals surface area contributed by atoms with E-state index in [0.29, 0.717) is 5.56 Å². The molecular weight excluding hydrogens is 270 g/mol. The van der Waals surface area contributed by atoms with E-state index < -0.39 is 29.7 Å². The second-order valence-electron chi connectivity index (χ2n) is 4.34. The first-order valence-electron chi connectivity index (χ1n) is 6.00. The molecule has 1 aromatic rings. The summed E-state index contributed by atoms with van der Waals surface area (Å²) < 4.78 is 26.0. The highest BCUT2D eigenvalue weighted by atomic mass is 19.2. The summed E-state index contributed by atoms with van der Waals surface area (Å²) in [5.74, 6) is -2.94. The molecule has 1 unspecified atom stereocenters. The average Bonchev–Trinajstić information content (AvgIpc) is 2.39. The molecule has 1 rings (SSSR count). The first kappa shape index (κ1) is 15.9. The van der Waals surface area contributed by atoms with Gasteiger partial charge in [0.15, 0.2) is 11.6 Å². The van der Waals surface area contributed by atoms with Gasteiger partial charge < -0.3 is 15.3 Å². The summed E-state index contributed by atoms with van der Waals surface area (Å²) in [7, 11) is 1.49. The minimum Gasteiger partial charge on any atom is -0.481 e. The number of halogens is 2. The van der Waals surface area contributed by atoms with Crippen LogP contribution in [-0.4, -0.2) is 35.6 Å². The quantitative estimate of drug-likeness (QED) is 0.871. The molecule has 0 radical (unpaired) electrons. The number of urea groups is 1. The topological polar surface area (TPSA) is 69.6 Å². The second-order valence-corrected chi connectivity index (χ2v) is 4.34. The van der Waals surface area contributed by atoms with Gasteiger partial charge in [0.2, 0.25) is 0 Å². The molecule has 0 heterocycles. The third-order valence-corrected chi connectivity index (χ3v) is 2.94. The Morgan fingerprint density at radius 1 is 1.35 bits per heavy atom. The number of benzene rings is 1. The lowest BCUT2D eigenvalue weighted by atomic mass is 10.1. The van der Waals surface area contributed by atoms with Crippen molar-refractivity contribution >= 4 is 12.0 Å². The molecule has 7 heteroatoms. The van der Waals surface area contributed by atoms with E-state index in [1.54, 1.807) is 6.92 Å². The zero-order valence-corrected chi connectivity index (χ0v) is 11.2. The summed E-state index contributed by atoms with van der Waals surface area (Å²) in [6.07, 6.45) is -0.181. The number of hydrogen-bond acceptors (Lipinski definition) is 2. The molecule has 1 aromatic carbocycles. The number of carboxylic acid groups (broad SMARTS) is 1. The van der Waals surface area contributed by atoms with Crippen LogP contribution in [0.15, 0.2) is 18.2 Å². The lowest BCUT2D eigenvalue weighted by Gasteiger charge is -2.25. The van der Waals surface area contributed by atoms with Crippen LogP contribution in [0.5, 0.6) is 0 Å². The molecule has 0 aromatic heterocycles. The summed E-state index contributed by atoms with van der Waals surface area (Å²) in [6, 6.07) is 2.46. The molecule has 1 atom stereocenters. The van der Waals surface area contributed by atoms with Crippen molar-refractivity contribution < 1.29 is 23.5 Å². The first-order chi connectivity index (χ1) is 9.32. The fourth-order valence-corrected chi connectivity index (χ4v) is 1.57. The van der Waals surface area contributed by atoms with Crippen LogP contribution in [0.2, 0.25) is 0 Å². The molecule has 2 N–H and O–H groups in total. The monoisotopic (exact) mass is 286 g/mol. The predicted octanol–water partition coefficient (Wildman–Crippen LogP) is 2.14. The van der Waals surface area contributed by atoms with E-state index >= 15 is 0 Å². The van der Waals surface area contributed by atoms with Gasteiger partial charge >= 0.3 is 12.0 Å². The van der Waals surface area contributed by atoms with Crippen LogP contribution in [0.1, 0.15) is 24.9 Å². The summed E-state index contributed by atoms with van der Waals surface area (Å²) in [5.41, 5.74) is 0.444. The van der Waals surface area contributed by atoms with Gasteiger partial charge in [-0.2, -0.15) is 0 Å². The van der Waals surface area contributed by atoms with E-state index in [-0.39, 0.29) is 13.0 Å². The molecule has 0 aliphatic rings. The lowest BCUT2D eigenvalue weighted by molar-refractivity contribution is -0.136. The van der Waals surface area contributed by atoms with E-state index in [0.717, 1.165) is 12.1 Å². The fourth-order valence-electron chi connectivity index (χ4n) is 1.57. The van der Waals surface area contributed by atoms with Crippen molar-refractivity contribution in [3.63, 3.8) is 0 Å². The zero-order valence-electron chi connectivity index (χ0n) is 11.2. The summed E-state index contributed by atoms with van der Waals surface area (Å²) >= 11 is 0. The van der Waals surface area contributed by atoms with Crippen molar-refractivity contribution in [1.29, 1.82) is 0 Å². The van der Waals surface area contributed by atoms with Crippen LogP contribution in [0, 0.1) is 11.6 Å². The van der Waals surface area contributed by atoms with Crippen molar-refractivity contribution in [2.45, 2.75) is 19.4 Å². The van der Waals surface area contributed by atoms with Crippen LogP contribution in [-0.2, 0) is 4.79 Å². The lowest BCUT2D eigenvalue weighted by Crippen LogP contribution is -2.39. The van der Waals surface area contributed by atoms with Gasteiger partial charge in [0, 0.05) is 13.6 Å². The molecule has 0 bridgehead atoms. The van der Waals surface area contributed by atoms with E-state index in [9.17, 15) is 18.4 Å². The van der Waals surface area contributed by atoms with Gasteiger partial charge in [-0.25, -0.2) is 13.6 Å². The Morgan fingerprint density at radius 3 is 2.55 bits per heavy atom. The summed E-state index contributed by atoms with van der Waals surface area (Å²) in [6.45, 7) is 1.66. The van der Waals surface area contributed by atoms with Gasteiger partial charge in [0.05, 0.1) is 12.5 Å². The second kappa shape index (κ2) is 6.83. The molecule has 0 saturated carbocycles. The number of carboxylic acids is 1. The molecule has 0 aliphatic carbocycles. The molecule has 0 fully saturated rings. The first-order valence-corrected chi connectivity index (χ1v) is 6.00. The minimum absolute atomic E-state index is 0.00298. The van der Waals surface area contributed by atoms with Crippen LogP contribution in [0.3, 0.4) is 0 Å². The maximum absolute atomic E-state index is 13.1. The van der Waals surface area contributed by atoms with Crippen molar-refractivity contribution in [2.75, 3.05) is 13.6 Å². The van der Waals surface area contributed by atoms with Crippen molar-refractivity contribution in [1.82, 2.24) is 10.2 Å². The van der Waals surface area contributed by atoms with E-state index in [1.165, 1.54) is 18.0 Å². The van der Waals surface area contributed by atoms with E-state index in [2.05, 4.69) is 5.32 Å². The van der Waals surface area contributed by atoms with Gasteiger partial charge in [-0.3, -0.25) is 4.79 Å². The number of nitrogens with zero attached hydrogens (tertiary/aromatic N) is 1. The Bertz CT molecular complexity index is 508. The summed E-state index contributed by atoms with van der Waals surface area (Å²) in [5, 5.41) is 10.9. The van der Waals surface area contributed by atoms with Crippen molar-refractivity contribution in [3.05, 3.63) is 35.4 Å². The van der Waals surface area contributed by atoms with Gasteiger partial charge in [-0.1, -0.05) is 6.07 Å². The van der Waals surface area contributed by atoms with E-state index in [4.69, 9.17) is 5.11 Å². The molecular formula is C13H16F2N2O3. The normalized spacial score (nSPS) is 11.8. The number of amides is 2. The van der Waals surface area contributed by atoms with Crippen molar-refractivity contribution in [2.24, 2.45) is 0 Å². The highest BCUT2D eigenvalue weighted by Crippen LogP contribution is 2.20. The maximum Gasteiger partial charge on any atom is 0.317 e. The Kier molecular flexibility index (Phi) is 5.42. The molecule has 0 aliphatic heterocycles. The molecule has 0 spiro atoms. The third kappa shape index (κ3) is 4.18. The Morgan fingerprint density at radius 2 is 2.00 bits per heavy atom. The average molecular weight is 286 g/mol. The van der Waals surface area contributed by atoms with Crippen LogP contribution in [0.4, 0.5) is 13.6 Å². The Hall–Kier alpha value is -2.18. The largest absolute Gasteiger partial charge is 0.481 e. The van der Waals surface area contributed by atoms with Crippen molar-refractivity contribution in [3.8, 4) is 0 Å². The fraction of sp³-hybridized carbons (Fsp3) is 0.385. The Labute approximate surface area is 115 Å². The van der Waals surface area contributed by atoms with Crippen LogP contribution < -0.4 is 5.32 Å². The smallest absolute Gasteiger partial charge is 0.317 e. The third-order valence-electron chi connectivity index (χ3n) is 2.94. The summed E-state index contributed by atoms with van der Waals surface area (Å²) in [4.78, 5) is 23.4. The van der Waals surface area contributed by atoms with Crippen LogP contribution in [0.25, 0.3) is 0 Å². The number of hydrogen-bond donors (Lipinski definition) is 2. The molecule has 110 valence electrons. The Balaban J connectivity index is 2.65. The van der Waals surface area contributed by atoms with Gasteiger partial charge in [0.25, 0.3) is 0 Å². The maximum atomic E-state index is 13.1. The highest BCUT2D eigenvalue weighted by molar-refractivity contribution is 5.75. The minimum atomic E-state index is -1.01. The number of rotatable bonds is 5. The number of carbonyl (C=O) groups is 2. The molecule has 20 heavy (non-hydrogen) atoms. The number of nitrogens with one attached hydrogen (secondary N) is 1. The molecule has 5 nitrogen and oxygen atoms in total. The zero-order chi connectivity index (χ0) is 15.3.